The first kappa shape index (κ1) is 15.9. The van der Waals surface area contributed by atoms with Crippen molar-refractivity contribution in [1.82, 2.24) is 0 Å². The predicted molar refractivity (Wildman–Crippen MR) is 63.7 cm³/mol. The van der Waals surface area contributed by atoms with Crippen molar-refractivity contribution in [2.75, 3.05) is 5.75 Å². The fourth-order valence-electron chi connectivity index (χ4n) is 1.26. The maximum Gasteiger partial charge on any atom is 0.285 e. The van der Waals surface area contributed by atoms with Crippen molar-refractivity contribution in [3.05, 3.63) is 35.9 Å². The third-order valence-corrected chi connectivity index (χ3v) is 3.21. The minimum atomic E-state index is -4.13. The monoisotopic (exact) mass is 298 g/mol. The lowest BCUT2D eigenvalue weighted by molar-refractivity contribution is -0.127. The summed E-state index contributed by atoms with van der Waals surface area (Å²) in [4.78, 5) is 11.5. The molecule has 19 heavy (non-hydrogen) atoms. The second-order valence-corrected chi connectivity index (χ2v) is 4.82. The minimum absolute atomic E-state index is 0.321. The number of hydrogen-bond donors (Lipinski definition) is 0. The molecule has 0 spiro atoms. The summed E-state index contributed by atoms with van der Waals surface area (Å²) < 4.78 is 62.1. The molecule has 7 heteroatoms. The van der Waals surface area contributed by atoms with Crippen molar-refractivity contribution < 1.29 is 26.7 Å². The highest BCUT2D eigenvalue weighted by atomic mass is 32.2. The van der Waals surface area contributed by atoms with Gasteiger partial charge >= 0.3 is 0 Å². The fraction of sp³-hybridized carbons (Fsp3) is 0.417. The van der Waals surface area contributed by atoms with Crippen LogP contribution in [0.15, 0.2) is 30.3 Å². The number of carbonyl (C=O) groups is 1. The van der Waals surface area contributed by atoms with Gasteiger partial charge in [0.2, 0.25) is 11.3 Å². The predicted octanol–water partition coefficient (Wildman–Crippen LogP) is 4.19. The number of thioether (sulfide) groups is 1. The molecule has 0 bridgehead atoms. The van der Waals surface area contributed by atoms with Crippen LogP contribution in [0.5, 0.6) is 0 Å². The Morgan fingerprint density at radius 3 is 2.26 bits per heavy atom. The summed E-state index contributed by atoms with van der Waals surface area (Å²) in [5, 5.41) is -0.455. The highest BCUT2D eigenvalue weighted by molar-refractivity contribution is 8.14. The molecule has 0 heterocycles. The quantitative estimate of drug-likeness (QED) is 0.733. The van der Waals surface area contributed by atoms with Gasteiger partial charge in [-0.25, -0.2) is 22.0 Å². The molecule has 0 radical (unpaired) electrons. The van der Waals surface area contributed by atoms with Crippen molar-refractivity contribution in [2.24, 2.45) is 0 Å². The topological polar surface area (TPSA) is 17.1 Å². The van der Waals surface area contributed by atoms with Crippen LogP contribution in [-0.2, 0) is 0 Å². The van der Waals surface area contributed by atoms with E-state index in [1.807, 2.05) is 0 Å². The van der Waals surface area contributed by atoms with Gasteiger partial charge in [-0.05, 0) is 0 Å². The standard InChI is InChI=1S/C12H11F5OS/c13-9(10(14)15)12(16,17)6-7-19-11(18)8-4-2-1-3-5-8/h1-5,9-10H,6-7H2. The van der Waals surface area contributed by atoms with E-state index in [1.165, 1.54) is 12.1 Å². The maximum atomic E-state index is 12.9. The number of hydrogen-bond acceptors (Lipinski definition) is 2. The van der Waals surface area contributed by atoms with Crippen LogP contribution >= 0.6 is 11.8 Å². The molecule has 1 atom stereocenters. The van der Waals surface area contributed by atoms with E-state index in [4.69, 9.17) is 0 Å². The largest absolute Gasteiger partial charge is 0.285 e. The number of alkyl halides is 5. The molecule has 0 amide bonds. The Hall–Kier alpha value is -1.11. The summed E-state index contributed by atoms with van der Waals surface area (Å²) in [6.45, 7) is 0. The zero-order valence-electron chi connectivity index (χ0n) is 9.66. The van der Waals surface area contributed by atoms with Gasteiger partial charge in [-0.15, -0.1) is 0 Å². The van der Waals surface area contributed by atoms with Crippen LogP contribution < -0.4 is 0 Å². The zero-order valence-corrected chi connectivity index (χ0v) is 10.5. The summed E-state index contributed by atoms with van der Waals surface area (Å²) in [5.41, 5.74) is 0.321. The minimum Gasteiger partial charge on any atom is -0.282 e. The van der Waals surface area contributed by atoms with Gasteiger partial charge in [0.05, 0.1) is 0 Å². The number of carbonyl (C=O) groups excluding carboxylic acids is 1. The van der Waals surface area contributed by atoms with E-state index in [0.29, 0.717) is 17.3 Å². The average Bonchev–Trinajstić information content (AvgIpc) is 2.38. The van der Waals surface area contributed by atoms with Gasteiger partial charge < -0.3 is 0 Å². The summed E-state index contributed by atoms with van der Waals surface area (Å²) >= 11 is 0.555. The molecule has 0 aromatic heterocycles. The Bertz CT molecular complexity index is 410. The van der Waals surface area contributed by atoms with E-state index in [2.05, 4.69) is 0 Å². The second kappa shape index (κ2) is 6.88. The first-order chi connectivity index (χ1) is 8.84. The van der Waals surface area contributed by atoms with Crippen molar-refractivity contribution in [1.29, 1.82) is 0 Å². The third kappa shape index (κ3) is 4.81. The molecule has 0 saturated carbocycles. The molecule has 106 valence electrons. The SMILES string of the molecule is O=C(SCCC(F)(F)C(F)C(F)F)c1ccccc1. The number of benzene rings is 1. The second-order valence-electron chi connectivity index (χ2n) is 3.75. The molecular weight excluding hydrogens is 287 g/mol. The highest BCUT2D eigenvalue weighted by Gasteiger charge is 2.45. The van der Waals surface area contributed by atoms with Crippen LogP contribution in [0.25, 0.3) is 0 Å². The van der Waals surface area contributed by atoms with E-state index in [1.54, 1.807) is 18.2 Å². The number of halogens is 5. The van der Waals surface area contributed by atoms with Gasteiger partial charge in [0, 0.05) is 17.7 Å². The van der Waals surface area contributed by atoms with Gasteiger partial charge in [-0.2, -0.15) is 0 Å². The van der Waals surface area contributed by atoms with Gasteiger partial charge in [-0.1, -0.05) is 42.1 Å². The van der Waals surface area contributed by atoms with E-state index in [-0.39, 0.29) is 0 Å². The molecule has 1 nitrogen and oxygen atoms in total. The van der Waals surface area contributed by atoms with E-state index < -0.39 is 35.8 Å². The van der Waals surface area contributed by atoms with Gasteiger partial charge in [-0.3, -0.25) is 4.79 Å². The summed E-state index contributed by atoms with van der Waals surface area (Å²) in [5.74, 6) is -4.55. The Morgan fingerprint density at radius 1 is 1.16 bits per heavy atom. The number of rotatable bonds is 6. The fourth-order valence-corrected chi connectivity index (χ4v) is 2.12. The van der Waals surface area contributed by atoms with Crippen LogP contribution in [0.1, 0.15) is 16.8 Å². The lowest BCUT2D eigenvalue weighted by Gasteiger charge is -2.19. The summed E-state index contributed by atoms with van der Waals surface area (Å²) in [7, 11) is 0. The van der Waals surface area contributed by atoms with Crippen molar-refractivity contribution >= 4 is 16.9 Å². The molecule has 0 aliphatic carbocycles. The van der Waals surface area contributed by atoms with E-state index >= 15 is 0 Å². The molecule has 0 N–H and O–H groups in total. The lowest BCUT2D eigenvalue weighted by Crippen LogP contribution is -2.36. The Morgan fingerprint density at radius 2 is 1.74 bits per heavy atom. The van der Waals surface area contributed by atoms with Gasteiger partial charge in [0.25, 0.3) is 12.3 Å². The Balaban J connectivity index is 2.44. The van der Waals surface area contributed by atoms with E-state index in [9.17, 15) is 26.7 Å². The third-order valence-electron chi connectivity index (χ3n) is 2.30. The molecule has 0 saturated heterocycles. The Labute approximate surface area is 111 Å². The maximum absolute atomic E-state index is 12.9. The average molecular weight is 298 g/mol. The highest BCUT2D eigenvalue weighted by Crippen LogP contribution is 2.31. The van der Waals surface area contributed by atoms with Crippen molar-refractivity contribution in [3.8, 4) is 0 Å². The van der Waals surface area contributed by atoms with Gasteiger partial charge in [0.15, 0.2) is 0 Å². The smallest absolute Gasteiger partial charge is 0.282 e. The molecule has 0 aliphatic rings. The zero-order chi connectivity index (χ0) is 14.5. The van der Waals surface area contributed by atoms with Crippen molar-refractivity contribution in [2.45, 2.75) is 24.9 Å². The van der Waals surface area contributed by atoms with Crippen molar-refractivity contribution in [3.63, 3.8) is 0 Å². The van der Waals surface area contributed by atoms with Crippen LogP contribution in [0.4, 0.5) is 22.0 Å². The Kier molecular flexibility index (Phi) is 5.78. The van der Waals surface area contributed by atoms with Crippen LogP contribution in [0.3, 0.4) is 0 Å². The molecule has 1 aromatic rings. The summed E-state index contributed by atoms with van der Waals surface area (Å²) in [6.07, 6.45) is -8.34. The van der Waals surface area contributed by atoms with E-state index in [0.717, 1.165) is 0 Å². The summed E-state index contributed by atoms with van der Waals surface area (Å²) in [6, 6.07) is 7.91. The normalized spacial score (nSPS) is 13.6. The lowest BCUT2D eigenvalue weighted by atomic mass is 10.1. The molecule has 0 fully saturated rings. The molecule has 0 aliphatic heterocycles. The molecule has 1 unspecified atom stereocenters. The van der Waals surface area contributed by atoms with Gasteiger partial charge in [0.1, 0.15) is 0 Å². The molecule has 1 aromatic carbocycles. The van der Waals surface area contributed by atoms with Crippen LogP contribution in [-0.4, -0.2) is 29.4 Å². The first-order valence-electron chi connectivity index (χ1n) is 5.37. The molecular formula is C12H11F5OS. The van der Waals surface area contributed by atoms with Crippen LogP contribution in [0, 0.1) is 0 Å². The molecule has 1 rings (SSSR count). The first-order valence-corrected chi connectivity index (χ1v) is 6.35. The van der Waals surface area contributed by atoms with Crippen LogP contribution in [0.2, 0.25) is 0 Å².